The molecule has 2 fully saturated rings. The fourth-order valence-corrected chi connectivity index (χ4v) is 6.16. The van der Waals surface area contributed by atoms with Crippen LogP contribution in [0.5, 0.6) is 5.75 Å². The second kappa shape index (κ2) is 9.24. The molecule has 1 saturated carbocycles. The van der Waals surface area contributed by atoms with Gasteiger partial charge in [0.05, 0.1) is 6.10 Å². The highest BCUT2D eigenvalue weighted by Crippen LogP contribution is 2.49. The van der Waals surface area contributed by atoms with Gasteiger partial charge in [0.25, 0.3) is 5.91 Å². The van der Waals surface area contributed by atoms with Gasteiger partial charge in [-0.25, -0.2) is 0 Å². The van der Waals surface area contributed by atoms with Crippen LogP contribution in [0.4, 0.5) is 0 Å². The Bertz CT molecular complexity index is 1210. The molecule has 34 heavy (non-hydrogen) atoms. The van der Waals surface area contributed by atoms with Crippen LogP contribution in [-0.4, -0.2) is 52.8 Å². The predicted octanol–water partition coefficient (Wildman–Crippen LogP) is 4.24. The van der Waals surface area contributed by atoms with E-state index in [1.807, 2.05) is 60.7 Å². The highest BCUT2D eigenvalue weighted by atomic mass is 16.3. The van der Waals surface area contributed by atoms with E-state index in [-0.39, 0.29) is 29.0 Å². The van der Waals surface area contributed by atoms with Crippen LogP contribution in [0, 0.1) is 5.92 Å². The molecule has 5 heteroatoms. The molecule has 4 atom stereocenters. The third-order valence-corrected chi connectivity index (χ3v) is 7.80. The molecule has 3 aromatic carbocycles. The summed E-state index contributed by atoms with van der Waals surface area (Å²) >= 11 is 0. The van der Waals surface area contributed by atoms with Gasteiger partial charge in [-0.1, -0.05) is 48.5 Å². The summed E-state index contributed by atoms with van der Waals surface area (Å²) < 4.78 is 0. The van der Waals surface area contributed by atoms with E-state index in [1.165, 1.54) is 0 Å². The van der Waals surface area contributed by atoms with Crippen molar-refractivity contribution in [3.63, 3.8) is 0 Å². The fraction of sp³-hybridized carbons (Fsp3) is 0.345. The molecule has 5 nitrogen and oxygen atoms in total. The lowest BCUT2D eigenvalue weighted by molar-refractivity contribution is -0.0450. The lowest BCUT2D eigenvalue weighted by Crippen LogP contribution is -2.61. The SMILES string of the molecule is C=CCN1CC[C@@]2(c3cccc(O)c3)C[C@@H](NC(=O)c3ccc4ccccc4c3)CC(O)[C@@H]2C1. The molecular weight excluding hydrogens is 424 g/mol. The Labute approximate surface area is 200 Å². The van der Waals surface area contributed by atoms with E-state index in [2.05, 4.69) is 22.9 Å². The molecule has 5 rings (SSSR count). The molecule has 1 unspecified atom stereocenters. The van der Waals surface area contributed by atoms with E-state index in [0.717, 1.165) is 48.8 Å². The van der Waals surface area contributed by atoms with Crippen molar-refractivity contribution in [3.05, 3.63) is 90.5 Å². The van der Waals surface area contributed by atoms with Crippen molar-refractivity contribution in [3.8, 4) is 5.75 Å². The molecule has 1 amide bonds. The van der Waals surface area contributed by atoms with Gasteiger partial charge in [-0.2, -0.15) is 0 Å². The average Bonchev–Trinajstić information content (AvgIpc) is 2.84. The van der Waals surface area contributed by atoms with Crippen molar-refractivity contribution in [1.29, 1.82) is 0 Å². The molecule has 0 radical (unpaired) electrons. The van der Waals surface area contributed by atoms with Gasteiger partial charge in [-0.15, -0.1) is 6.58 Å². The molecule has 0 bridgehead atoms. The number of likely N-dealkylation sites (tertiary alicyclic amines) is 1. The molecular formula is C29H32N2O3. The van der Waals surface area contributed by atoms with Crippen molar-refractivity contribution in [2.75, 3.05) is 19.6 Å². The van der Waals surface area contributed by atoms with Gasteiger partial charge in [0.1, 0.15) is 5.75 Å². The second-order valence-electron chi connectivity index (χ2n) is 9.85. The molecule has 1 aliphatic carbocycles. The number of piperidine rings is 1. The number of hydrogen-bond acceptors (Lipinski definition) is 4. The van der Waals surface area contributed by atoms with Crippen molar-refractivity contribution in [1.82, 2.24) is 10.2 Å². The number of carbonyl (C=O) groups excluding carboxylic acids is 1. The largest absolute Gasteiger partial charge is 0.508 e. The Kier molecular flexibility index (Phi) is 6.15. The summed E-state index contributed by atoms with van der Waals surface area (Å²) in [4.78, 5) is 15.5. The van der Waals surface area contributed by atoms with Gasteiger partial charge < -0.3 is 15.5 Å². The topological polar surface area (TPSA) is 72.8 Å². The first-order valence-electron chi connectivity index (χ1n) is 12.1. The summed E-state index contributed by atoms with van der Waals surface area (Å²) in [5.74, 6) is 0.143. The van der Waals surface area contributed by atoms with Crippen LogP contribution in [0.3, 0.4) is 0 Å². The number of benzene rings is 3. The number of nitrogens with zero attached hydrogens (tertiary/aromatic N) is 1. The van der Waals surface area contributed by atoms with E-state index in [9.17, 15) is 15.0 Å². The highest BCUT2D eigenvalue weighted by Gasteiger charge is 2.52. The van der Waals surface area contributed by atoms with Gasteiger partial charge in [-0.05, 0) is 66.4 Å². The molecule has 3 aromatic rings. The third-order valence-electron chi connectivity index (χ3n) is 7.80. The highest BCUT2D eigenvalue weighted by molar-refractivity contribution is 5.98. The number of fused-ring (bicyclic) bond motifs is 2. The Hall–Kier alpha value is -3.15. The van der Waals surface area contributed by atoms with Gasteiger partial charge >= 0.3 is 0 Å². The first-order chi connectivity index (χ1) is 16.5. The van der Waals surface area contributed by atoms with Crippen LogP contribution in [-0.2, 0) is 5.41 Å². The number of rotatable bonds is 5. The number of carbonyl (C=O) groups is 1. The van der Waals surface area contributed by atoms with Crippen molar-refractivity contribution < 1.29 is 15.0 Å². The van der Waals surface area contributed by atoms with E-state index >= 15 is 0 Å². The summed E-state index contributed by atoms with van der Waals surface area (Å²) in [6.45, 7) is 6.32. The van der Waals surface area contributed by atoms with E-state index in [0.29, 0.717) is 12.0 Å². The molecule has 1 heterocycles. The maximum absolute atomic E-state index is 13.2. The quantitative estimate of drug-likeness (QED) is 0.502. The summed E-state index contributed by atoms with van der Waals surface area (Å²) in [5.41, 5.74) is 1.36. The van der Waals surface area contributed by atoms with Gasteiger partial charge in [0.15, 0.2) is 0 Å². The molecule has 176 valence electrons. The number of nitrogens with one attached hydrogen (secondary N) is 1. The second-order valence-corrected chi connectivity index (χ2v) is 9.85. The van der Waals surface area contributed by atoms with Crippen LogP contribution in [0.1, 0.15) is 35.2 Å². The monoisotopic (exact) mass is 456 g/mol. The lowest BCUT2D eigenvalue weighted by atomic mass is 9.57. The zero-order valence-electron chi connectivity index (χ0n) is 19.4. The number of phenols is 1. The van der Waals surface area contributed by atoms with Crippen LogP contribution < -0.4 is 5.32 Å². The molecule has 3 N–H and O–H groups in total. The van der Waals surface area contributed by atoms with Gasteiger partial charge in [0, 0.05) is 36.0 Å². The van der Waals surface area contributed by atoms with Crippen molar-refractivity contribution in [2.45, 2.75) is 36.8 Å². The number of phenolic OH excluding ortho intramolecular Hbond substituents is 1. The van der Waals surface area contributed by atoms with Crippen LogP contribution in [0.2, 0.25) is 0 Å². The normalized spacial score (nSPS) is 27.1. The van der Waals surface area contributed by atoms with E-state index in [4.69, 9.17) is 0 Å². The average molecular weight is 457 g/mol. The van der Waals surface area contributed by atoms with Crippen molar-refractivity contribution >= 4 is 16.7 Å². The molecule has 1 aliphatic heterocycles. The summed E-state index contributed by atoms with van der Waals surface area (Å²) in [7, 11) is 0. The van der Waals surface area contributed by atoms with E-state index in [1.54, 1.807) is 6.07 Å². The molecule has 1 saturated heterocycles. The maximum atomic E-state index is 13.2. The number of hydrogen-bond donors (Lipinski definition) is 3. The Morgan fingerprint density at radius 3 is 2.74 bits per heavy atom. The molecule has 2 aliphatic rings. The third kappa shape index (κ3) is 4.22. The number of aromatic hydroxyl groups is 1. The summed E-state index contributed by atoms with van der Waals surface area (Å²) in [6.07, 6.45) is 3.47. The molecule has 0 spiro atoms. The summed E-state index contributed by atoms with van der Waals surface area (Å²) in [6, 6.07) is 21.0. The van der Waals surface area contributed by atoms with Gasteiger partial charge in [-0.3, -0.25) is 9.69 Å². The minimum absolute atomic E-state index is 0.0248. The minimum Gasteiger partial charge on any atom is -0.508 e. The number of amides is 1. The smallest absolute Gasteiger partial charge is 0.251 e. The minimum atomic E-state index is -0.550. The standard InChI is InChI=1S/C29H32N2O3/c1-2-13-31-14-12-29(23-8-5-9-25(32)16-23)18-24(17-27(33)26(29)19-31)30-28(34)22-11-10-20-6-3-4-7-21(20)15-22/h2-11,15-16,24,26-27,32-33H,1,12-14,17-19H2,(H,30,34)/t24-,26-,27?,29-/m0/s1. The fourth-order valence-electron chi connectivity index (χ4n) is 6.16. The summed E-state index contributed by atoms with van der Waals surface area (Å²) in [5, 5.41) is 26.9. The van der Waals surface area contributed by atoms with Crippen LogP contribution in [0.15, 0.2) is 79.4 Å². The lowest BCUT2D eigenvalue weighted by Gasteiger charge is -2.54. The van der Waals surface area contributed by atoms with Crippen LogP contribution in [0.25, 0.3) is 10.8 Å². The van der Waals surface area contributed by atoms with Gasteiger partial charge in [0.2, 0.25) is 0 Å². The Balaban J connectivity index is 1.42. The zero-order valence-corrected chi connectivity index (χ0v) is 19.4. The first kappa shape index (κ1) is 22.6. The van der Waals surface area contributed by atoms with Crippen LogP contribution >= 0.6 is 0 Å². The Morgan fingerprint density at radius 1 is 1.12 bits per heavy atom. The predicted molar refractivity (Wildman–Crippen MR) is 135 cm³/mol. The number of aliphatic hydroxyl groups excluding tert-OH is 1. The molecule has 0 aromatic heterocycles. The number of aliphatic hydroxyl groups is 1. The maximum Gasteiger partial charge on any atom is 0.251 e. The van der Waals surface area contributed by atoms with Crippen molar-refractivity contribution in [2.24, 2.45) is 5.92 Å². The zero-order chi connectivity index (χ0) is 23.7. The first-order valence-corrected chi connectivity index (χ1v) is 12.1. The van der Waals surface area contributed by atoms with E-state index < -0.39 is 6.10 Å². The Morgan fingerprint density at radius 2 is 1.94 bits per heavy atom.